The van der Waals surface area contributed by atoms with Crippen molar-refractivity contribution in [3.63, 3.8) is 0 Å². The molecular weight excluding hydrogens is 437 g/mol. The molecule has 0 radical (unpaired) electrons. The summed E-state index contributed by atoms with van der Waals surface area (Å²) in [6.07, 6.45) is 4.28. The fraction of sp³-hybridized carbons (Fsp3) is 0.423. The molecule has 1 saturated carbocycles. The van der Waals surface area contributed by atoms with Gasteiger partial charge < -0.3 is 14.4 Å². The highest BCUT2D eigenvalue weighted by atomic mass is 19.1. The van der Waals surface area contributed by atoms with E-state index in [0.717, 1.165) is 36.8 Å². The van der Waals surface area contributed by atoms with E-state index in [0.29, 0.717) is 23.6 Å². The highest BCUT2D eigenvalue weighted by Gasteiger charge is 2.35. The summed E-state index contributed by atoms with van der Waals surface area (Å²) in [5.41, 5.74) is 2.19. The van der Waals surface area contributed by atoms with Crippen molar-refractivity contribution in [2.24, 2.45) is 11.0 Å². The number of nitrogens with zero attached hydrogens (tertiary/aromatic N) is 3. The van der Waals surface area contributed by atoms with Gasteiger partial charge >= 0.3 is 0 Å². The molecule has 0 saturated heterocycles. The van der Waals surface area contributed by atoms with Crippen molar-refractivity contribution >= 4 is 17.5 Å². The standard InChI is InChI=1S/C26H30FN3O4/c1-29(26(32)18-6-4-5-7-18)16-25(31)30-23(17-8-10-19(27)11-9-17)15-22(28-30)21-13-12-20(33-2)14-24(21)34-3/h8-14,18,23H,4-7,15-16H2,1-3H3. The Morgan fingerprint density at radius 2 is 1.79 bits per heavy atom. The lowest BCUT2D eigenvalue weighted by molar-refractivity contribution is -0.142. The first-order valence-electron chi connectivity index (χ1n) is 11.5. The molecular formula is C26H30FN3O4. The Bertz CT molecular complexity index is 1080. The number of hydrogen-bond acceptors (Lipinski definition) is 5. The maximum atomic E-state index is 13.6. The number of ether oxygens (including phenoxy) is 2. The summed E-state index contributed by atoms with van der Waals surface area (Å²) in [6.45, 7) is -0.0659. The number of methoxy groups -OCH3 is 2. The van der Waals surface area contributed by atoms with Crippen LogP contribution in [-0.2, 0) is 9.59 Å². The van der Waals surface area contributed by atoms with Gasteiger partial charge in [-0.3, -0.25) is 9.59 Å². The third kappa shape index (κ3) is 4.90. The van der Waals surface area contributed by atoms with E-state index in [1.165, 1.54) is 22.0 Å². The second-order valence-electron chi connectivity index (χ2n) is 8.80. The van der Waals surface area contributed by atoms with Gasteiger partial charge in [-0.25, -0.2) is 9.40 Å². The van der Waals surface area contributed by atoms with Crippen LogP contribution in [0.5, 0.6) is 11.5 Å². The summed E-state index contributed by atoms with van der Waals surface area (Å²) in [7, 11) is 4.81. The van der Waals surface area contributed by atoms with Crippen molar-refractivity contribution in [2.75, 3.05) is 27.8 Å². The van der Waals surface area contributed by atoms with Crippen molar-refractivity contribution in [2.45, 2.75) is 38.1 Å². The molecule has 34 heavy (non-hydrogen) atoms. The Morgan fingerprint density at radius 1 is 1.09 bits per heavy atom. The third-order valence-corrected chi connectivity index (χ3v) is 6.59. The molecule has 1 aliphatic carbocycles. The molecule has 4 rings (SSSR count). The quantitative estimate of drug-likeness (QED) is 0.613. The average molecular weight is 468 g/mol. The lowest BCUT2D eigenvalue weighted by Crippen LogP contribution is -2.41. The highest BCUT2D eigenvalue weighted by molar-refractivity contribution is 6.05. The van der Waals surface area contributed by atoms with E-state index in [9.17, 15) is 14.0 Å². The summed E-state index contributed by atoms with van der Waals surface area (Å²) < 4.78 is 24.4. The lowest BCUT2D eigenvalue weighted by Gasteiger charge is -2.26. The number of benzene rings is 2. The summed E-state index contributed by atoms with van der Waals surface area (Å²) in [5.74, 6) is 0.592. The van der Waals surface area contributed by atoms with E-state index in [1.807, 2.05) is 12.1 Å². The van der Waals surface area contributed by atoms with Gasteiger partial charge in [0.25, 0.3) is 5.91 Å². The van der Waals surface area contributed by atoms with Gasteiger partial charge in [0.2, 0.25) is 5.91 Å². The molecule has 2 aromatic rings. The number of likely N-dealkylation sites (N-methyl/N-ethyl adjacent to an activating group) is 1. The Labute approximate surface area is 199 Å². The minimum absolute atomic E-state index is 0.00408. The highest BCUT2D eigenvalue weighted by Crippen LogP contribution is 2.36. The Hall–Kier alpha value is -3.42. The summed E-state index contributed by atoms with van der Waals surface area (Å²) in [6, 6.07) is 11.1. The second kappa shape index (κ2) is 10.2. The van der Waals surface area contributed by atoms with E-state index in [2.05, 4.69) is 5.10 Å². The smallest absolute Gasteiger partial charge is 0.262 e. The minimum Gasteiger partial charge on any atom is -0.497 e. The molecule has 180 valence electrons. The van der Waals surface area contributed by atoms with Gasteiger partial charge in [0, 0.05) is 31.0 Å². The maximum absolute atomic E-state index is 13.6. The van der Waals surface area contributed by atoms with Gasteiger partial charge in [0.15, 0.2) is 0 Å². The van der Waals surface area contributed by atoms with Gasteiger partial charge in [-0.15, -0.1) is 0 Å². The van der Waals surface area contributed by atoms with Gasteiger partial charge in [-0.2, -0.15) is 5.10 Å². The van der Waals surface area contributed by atoms with Crippen LogP contribution in [-0.4, -0.2) is 55.2 Å². The van der Waals surface area contributed by atoms with Crippen LogP contribution in [0, 0.1) is 11.7 Å². The third-order valence-electron chi connectivity index (χ3n) is 6.59. The van der Waals surface area contributed by atoms with E-state index < -0.39 is 6.04 Å². The first kappa shape index (κ1) is 23.7. The fourth-order valence-corrected chi connectivity index (χ4v) is 4.72. The minimum atomic E-state index is -0.412. The Morgan fingerprint density at radius 3 is 2.44 bits per heavy atom. The first-order valence-corrected chi connectivity index (χ1v) is 11.5. The van der Waals surface area contributed by atoms with E-state index in [-0.39, 0.29) is 30.1 Å². The molecule has 8 heteroatoms. The lowest BCUT2D eigenvalue weighted by atomic mass is 9.97. The number of rotatable bonds is 7. The molecule has 0 N–H and O–H groups in total. The van der Waals surface area contributed by atoms with Crippen LogP contribution in [0.4, 0.5) is 4.39 Å². The van der Waals surface area contributed by atoms with Crippen LogP contribution in [0.3, 0.4) is 0 Å². The van der Waals surface area contributed by atoms with Gasteiger partial charge in [-0.05, 0) is 42.7 Å². The number of halogens is 1. The predicted molar refractivity (Wildman–Crippen MR) is 126 cm³/mol. The molecule has 2 aromatic carbocycles. The monoisotopic (exact) mass is 467 g/mol. The number of carbonyl (C=O) groups excluding carboxylic acids is 2. The summed E-state index contributed by atoms with van der Waals surface area (Å²) in [5, 5.41) is 6.08. The van der Waals surface area contributed by atoms with Crippen molar-refractivity contribution in [3.8, 4) is 11.5 Å². The molecule has 1 heterocycles. The number of hydrogen-bond donors (Lipinski definition) is 0. The summed E-state index contributed by atoms with van der Waals surface area (Å²) in [4.78, 5) is 27.6. The SMILES string of the molecule is COc1ccc(C2=NN(C(=O)CN(C)C(=O)C3CCCC3)C(c3ccc(F)cc3)C2)c(OC)c1. The Kier molecular flexibility index (Phi) is 7.14. The molecule has 1 atom stereocenters. The number of hydrazone groups is 1. The van der Waals surface area contributed by atoms with Gasteiger partial charge in [0.05, 0.1) is 26.0 Å². The molecule has 0 aromatic heterocycles. The Balaban J connectivity index is 1.61. The maximum Gasteiger partial charge on any atom is 0.262 e. The number of carbonyl (C=O) groups is 2. The van der Waals surface area contributed by atoms with Gasteiger partial charge in [-0.1, -0.05) is 25.0 Å². The molecule has 7 nitrogen and oxygen atoms in total. The summed E-state index contributed by atoms with van der Waals surface area (Å²) >= 11 is 0. The predicted octanol–water partition coefficient (Wildman–Crippen LogP) is 4.17. The molecule has 2 amide bonds. The van der Waals surface area contributed by atoms with Crippen LogP contribution < -0.4 is 9.47 Å². The van der Waals surface area contributed by atoms with Gasteiger partial charge in [0.1, 0.15) is 23.9 Å². The molecule has 1 fully saturated rings. The van der Waals surface area contributed by atoms with Crippen LogP contribution in [0.1, 0.15) is 49.3 Å². The molecule has 2 aliphatic rings. The zero-order chi connectivity index (χ0) is 24.2. The fourth-order valence-electron chi connectivity index (χ4n) is 4.72. The van der Waals surface area contributed by atoms with E-state index in [1.54, 1.807) is 39.5 Å². The van der Waals surface area contributed by atoms with Crippen molar-refractivity contribution in [1.82, 2.24) is 9.91 Å². The van der Waals surface area contributed by atoms with E-state index >= 15 is 0 Å². The topological polar surface area (TPSA) is 71.4 Å². The van der Waals surface area contributed by atoms with Crippen molar-refractivity contribution in [3.05, 3.63) is 59.4 Å². The van der Waals surface area contributed by atoms with Crippen LogP contribution in [0.2, 0.25) is 0 Å². The van der Waals surface area contributed by atoms with Crippen molar-refractivity contribution in [1.29, 1.82) is 0 Å². The normalized spacial score (nSPS) is 18.1. The van der Waals surface area contributed by atoms with Crippen molar-refractivity contribution < 1.29 is 23.5 Å². The number of amides is 2. The van der Waals surface area contributed by atoms with Crippen LogP contribution in [0.25, 0.3) is 0 Å². The van der Waals surface area contributed by atoms with Crippen LogP contribution in [0.15, 0.2) is 47.6 Å². The molecule has 1 aliphatic heterocycles. The average Bonchev–Trinajstić information content (AvgIpc) is 3.54. The van der Waals surface area contributed by atoms with E-state index in [4.69, 9.17) is 9.47 Å². The second-order valence-corrected chi connectivity index (χ2v) is 8.80. The zero-order valence-corrected chi connectivity index (χ0v) is 19.8. The molecule has 0 spiro atoms. The zero-order valence-electron chi connectivity index (χ0n) is 19.8. The molecule has 0 bridgehead atoms. The largest absolute Gasteiger partial charge is 0.497 e. The molecule has 1 unspecified atom stereocenters. The first-order chi connectivity index (χ1) is 16.4. The van der Waals surface area contributed by atoms with Crippen LogP contribution >= 0.6 is 0 Å².